The van der Waals surface area contributed by atoms with Crippen molar-refractivity contribution in [3.63, 3.8) is 0 Å². The van der Waals surface area contributed by atoms with E-state index in [4.69, 9.17) is 0 Å². The second kappa shape index (κ2) is 4.80. The molecule has 0 fully saturated rings. The van der Waals surface area contributed by atoms with Gasteiger partial charge in [0.05, 0.1) is 5.52 Å². The highest BCUT2D eigenvalue weighted by Gasteiger charge is 1.95. The van der Waals surface area contributed by atoms with Gasteiger partial charge < -0.3 is 0 Å². The summed E-state index contributed by atoms with van der Waals surface area (Å²) in [7, 11) is 0. The second-order valence-corrected chi connectivity index (χ2v) is 4.03. The van der Waals surface area contributed by atoms with Crippen molar-refractivity contribution in [2.45, 2.75) is 0 Å². The lowest BCUT2D eigenvalue weighted by Crippen LogP contribution is -1.87. The summed E-state index contributed by atoms with van der Waals surface area (Å²) in [4.78, 5) is 8.82. The molecule has 1 aromatic heterocycles. The van der Waals surface area contributed by atoms with E-state index < -0.39 is 0 Å². The van der Waals surface area contributed by atoms with Crippen molar-refractivity contribution in [3.8, 4) is 0 Å². The highest BCUT2D eigenvalue weighted by atomic mass is 14.9. The van der Waals surface area contributed by atoms with Crippen molar-refractivity contribution in [2.24, 2.45) is 0 Å². The van der Waals surface area contributed by atoms with E-state index in [-0.39, 0.29) is 0 Å². The molecule has 1 heterocycles. The molecule has 0 amide bonds. The highest BCUT2D eigenvalue weighted by molar-refractivity contribution is 5.79. The Balaban J connectivity index is 1.93. The van der Waals surface area contributed by atoms with Crippen molar-refractivity contribution < 1.29 is 0 Å². The fourth-order valence-corrected chi connectivity index (χ4v) is 1.80. The van der Waals surface area contributed by atoms with E-state index in [1.165, 1.54) is 0 Å². The third kappa shape index (κ3) is 2.28. The molecule has 0 unspecified atom stereocenters. The summed E-state index contributed by atoms with van der Waals surface area (Å²) in [5, 5.41) is 1.06. The van der Waals surface area contributed by atoms with Crippen LogP contribution in [-0.2, 0) is 0 Å². The summed E-state index contributed by atoms with van der Waals surface area (Å²) in [5.74, 6) is 0.734. The largest absolute Gasteiger partial charge is 0.236 e. The molecule has 0 N–H and O–H groups in total. The van der Waals surface area contributed by atoms with Crippen LogP contribution in [0.4, 0.5) is 0 Å². The Kier molecular flexibility index (Phi) is 2.84. The summed E-state index contributed by atoms with van der Waals surface area (Å²) in [6.07, 6.45) is 5.80. The molecule has 0 aliphatic rings. The zero-order valence-corrected chi connectivity index (χ0v) is 9.82. The van der Waals surface area contributed by atoms with Crippen molar-refractivity contribution in [1.82, 2.24) is 9.97 Å². The first-order chi connectivity index (χ1) is 8.92. The number of fused-ring (bicyclic) bond motifs is 1. The minimum atomic E-state index is 0.734. The Morgan fingerprint density at radius 1 is 0.778 bits per heavy atom. The van der Waals surface area contributed by atoms with E-state index in [1.54, 1.807) is 0 Å². The van der Waals surface area contributed by atoms with E-state index in [9.17, 15) is 0 Å². The molecule has 2 aromatic carbocycles. The van der Waals surface area contributed by atoms with Gasteiger partial charge in [-0.15, -0.1) is 0 Å². The van der Waals surface area contributed by atoms with E-state index in [2.05, 4.69) is 22.1 Å². The first-order valence-electron chi connectivity index (χ1n) is 5.87. The van der Waals surface area contributed by atoms with Crippen LogP contribution in [0.1, 0.15) is 11.4 Å². The molecule has 0 aliphatic carbocycles. The predicted octanol–water partition coefficient (Wildman–Crippen LogP) is 3.80. The van der Waals surface area contributed by atoms with Crippen molar-refractivity contribution in [2.75, 3.05) is 0 Å². The van der Waals surface area contributed by atoms with E-state index in [0.717, 1.165) is 22.3 Å². The monoisotopic (exact) mass is 232 g/mol. The van der Waals surface area contributed by atoms with Crippen LogP contribution < -0.4 is 0 Å². The van der Waals surface area contributed by atoms with Gasteiger partial charge in [0.15, 0.2) is 5.82 Å². The standard InChI is InChI=1S/C16H12N2/c1-2-6-13(7-3-1)10-11-16-17-12-14-8-4-5-9-15(14)18-16/h1-12H. The maximum Gasteiger partial charge on any atom is 0.152 e. The predicted molar refractivity (Wildman–Crippen MR) is 74.9 cm³/mol. The van der Waals surface area contributed by atoms with Crippen LogP contribution in [-0.4, -0.2) is 9.97 Å². The summed E-state index contributed by atoms with van der Waals surface area (Å²) in [5.41, 5.74) is 2.12. The first-order valence-corrected chi connectivity index (χ1v) is 5.87. The number of rotatable bonds is 2. The molecule has 0 atom stereocenters. The molecule has 0 spiro atoms. The lowest BCUT2D eigenvalue weighted by atomic mass is 10.2. The average molecular weight is 232 g/mol. The average Bonchev–Trinajstić information content (AvgIpc) is 2.46. The van der Waals surface area contributed by atoms with Gasteiger partial charge in [0.1, 0.15) is 0 Å². The fourth-order valence-electron chi connectivity index (χ4n) is 1.80. The number of benzene rings is 2. The van der Waals surface area contributed by atoms with E-state index in [0.29, 0.717) is 0 Å². The lowest BCUT2D eigenvalue weighted by molar-refractivity contribution is 1.19. The van der Waals surface area contributed by atoms with Gasteiger partial charge in [-0.25, -0.2) is 9.97 Å². The maximum absolute atomic E-state index is 4.49. The summed E-state index contributed by atoms with van der Waals surface area (Å²) in [6, 6.07) is 18.1. The third-order valence-corrected chi connectivity index (χ3v) is 2.73. The topological polar surface area (TPSA) is 25.8 Å². The van der Waals surface area contributed by atoms with Gasteiger partial charge in [0.2, 0.25) is 0 Å². The number of para-hydroxylation sites is 1. The van der Waals surface area contributed by atoms with Crippen molar-refractivity contribution in [3.05, 3.63) is 72.2 Å². The van der Waals surface area contributed by atoms with Gasteiger partial charge in [0.25, 0.3) is 0 Å². The normalized spacial score (nSPS) is 11.1. The Labute approximate surface area is 106 Å². The van der Waals surface area contributed by atoms with E-state index in [1.807, 2.05) is 60.8 Å². The highest BCUT2D eigenvalue weighted by Crippen LogP contribution is 2.11. The molecule has 0 saturated carbocycles. The van der Waals surface area contributed by atoms with E-state index >= 15 is 0 Å². The van der Waals surface area contributed by atoms with Gasteiger partial charge in [0, 0.05) is 11.6 Å². The lowest BCUT2D eigenvalue weighted by Gasteiger charge is -1.97. The van der Waals surface area contributed by atoms with Gasteiger partial charge in [-0.3, -0.25) is 0 Å². The van der Waals surface area contributed by atoms with Crippen LogP contribution in [0.15, 0.2) is 60.8 Å². The molecule has 86 valence electrons. The third-order valence-electron chi connectivity index (χ3n) is 2.73. The van der Waals surface area contributed by atoms with Crippen LogP contribution in [0.5, 0.6) is 0 Å². The Morgan fingerprint density at radius 3 is 2.44 bits per heavy atom. The number of nitrogens with zero attached hydrogens (tertiary/aromatic N) is 2. The first kappa shape index (κ1) is 10.7. The second-order valence-electron chi connectivity index (χ2n) is 4.03. The number of hydrogen-bond donors (Lipinski definition) is 0. The maximum atomic E-state index is 4.49. The molecule has 0 radical (unpaired) electrons. The molecule has 3 rings (SSSR count). The SMILES string of the molecule is C(=Cc1ncc2ccccc2n1)c1ccccc1. The van der Waals surface area contributed by atoms with Crippen molar-refractivity contribution in [1.29, 1.82) is 0 Å². The molecular formula is C16H12N2. The van der Waals surface area contributed by atoms with Crippen LogP contribution in [0.25, 0.3) is 23.1 Å². The summed E-state index contributed by atoms with van der Waals surface area (Å²) >= 11 is 0. The zero-order valence-electron chi connectivity index (χ0n) is 9.82. The van der Waals surface area contributed by atoms with Gasteiger partial charge >= 0.3 is 0 Å². The van der Waals surface area contributed by atoms with Gasteiger partial charge in [-0.2, -0.15) is 0 Å². The van der Waals surface area contributed by atoms with Crippen LogP contribution in [0.3, 0.4) is 0 Å². The molecule has 0 aliphatic heterocycles. The molecule has 0 bridgehead atoms. The van der Waals surface area contributed by atoms with Crippen LogP contribution in [0, 0.1) is 0 Å². The minimum absolute atomic E-state index is 0.734. The summed E-state index contributed by atoms with van der Waals surface area (Å²) < 4.78 is 0. The van der Waals surface area contributed by atoms with Crippen LogP contribution in [0.2, 0.25) is 0 Å². The molecule has 2 nitrogen and oxygen atoms in total. The molecule has 3 aromatic rings. The summed E-state index contributed by atoms with van der Waals surface area (Å²) in [6.45, 7) is 0. The van der Waals surface area contributed by atoms with Gasteiger partial charge in [-0.1, -0.05) is 54.6 Å². The van der Waals surface area contributed by atoms with Gasteiger partial charge in [-0.05, 0) is 17.7 Å². The number of hydrogen-bond acceptors (Lipinski definition) is 2. The molecule has 0 saturated heterocycles. The van der Waals surface area contributed by atoms with Crippen molar-refractivity contribution >= 4 is 23.1 Å². The molecule has 2 heteroatoms. The quantitative estimate of drug-likeness (QED) is 0.671. The smallest absolute Gasteiger partial charge is 0.152 e. The Bertz CT molecular complexity index is 688. The number of aromatic nitrogens is 2. The van der Waals surface area contributed by atoms with Crippen LogP contribution >= 0.6 is 0 Å². The Morgan fingerprint density at radius 2 is 1.56 bits per heavy atom. The molecular weight excluding hydrogens is 220 g/mol. The Hall–Kier alpha value is -2.48. The minimum Gasteiger partial charge on any atom is -0.236 e. The molecule has 18 heavy (non-hydrogen) atoms. The fraction of sp³-hybridized carbons (Fsp3) is 0. The zero-order chi connectivity index (χ0) is 12.2.